The first-order chi connectivity index (χ1) is 5.66. The Labute approximate surface area is 81.9 Å². The van der Waals surface area contributed by atoms with E-state index in [0.29, 0.717) is 0 Å². The number of aliphatic carboxylic acids is 1. The third-order valence-electron chi connectivity index (χ3n) is 1.55. The lowest BCUT2D eigenvalue weighted by Gasteiger charge is -2.14. The number of carbonyl (C=O) groups excluding carboxylic acids is 2. The van der Waals surface area contributed by atoms with Crippen LogP contribution in [0.5, 0.6) is 0 Å². The van der Waals surface area contributed by atoms with Crippen LogP contribution in [0, 0.1) is 0 Å². The average molecular weight is 282 g/mol. The van der Waals surface area contributed by atoms with E-state index in [9.17, 15) is 14.7 Å². The highest BCUT2D eigenvalue weighted by Gasteiger charge is 2.36. The third kappa shape index (κ3) is 1.82. The van der Waals surface area contributed by atoms with Gasteiger partial charge in [-0.3, -0.25) is 0 Å². The van der Waals surface area contributed by atoms with Crippen molar-refractivity contribution in [3.8, 4) is 0 Å². The van der Waals surface area contributed by atoms with Crippen LogP contribution in [0.4, 0.5) is 0 Å². The van der Waals surface area contributed by atoms with Gasteiger partial charge in [0.15, 0.2) is 0 Å². The van der Waals surface area contributed by atoms with E-state index in [2.05, 4.69) is 4.99 Å². The Balaban J connectivity index is 2.66. The van der Waals surface area contributed by atoms with Gasteiger partial charge >= 0.3 is 0 Å². The second-order valence-electron chi connectivity index (χ2n) is 2.31. The maximum atomic E-state index is 10.4. The van der Waals surface area contributed by atoms with Gasteiger partial charge in [0.2, 0.25) is 6.08 Å². The lowest BCUT2D eigenvalue weighted by molar-refractivity contribution is -0.314. The summed E-state index contributed by atoms with van der Waals surface area (Å²) in [7, 11) is 0. The van der Waals surface area contributed by atoms with Crippen LogP contribution in [-0.2, 0) is 14.3 Å². The molecule has 1 rings (SSSR count). The Bertz CT molecular complexity index is 228. The van der Waals surface area contributed by atoms with E-state index >= 15 is 0 Å². The zero-order chi connectivity index (χ0) is 9.14. The number of carbonyl (C=O) groups is 1. The Morgan fingerprint density at radius 2 is 2.42 bits per heavy atom. The smallest absolute Gasteiger partial charge is 0.235 e. The van der Waals surface area contributed by atoms with Crippen LogP contribution in [0.15, 0.2) is 4.99 Å². The molecule has 1 aliphatic heterocycles. The van der Waals surface area contributed by atoms with Gasteiger partial charge in [0.25, 0.3) is 0 Å². The molecule has 1 heterocycles. The number of aliphatic imine (C=N–C) groups is 1. The number of hydrogen-bond donors (Lipinski definition) is 0. The molecule has 0 aromatic carbocycles. The number of rotatable bonds is 2. The molecule has 6 heteroatoms. The highest BCUT2D eigenvalue weighted by Crippen LogP contribution is 2.24. The number of carboxylic acids is 1. The van der Waals surface area contributed by atoms with Gasteiger partial charge in [0.1, 0.15) is 12.1 Å². The number of isocyanates is 1. The van der Waals surface area contributed by atoms with Crippen molar-refractivity contribution in [3.05, 3.63) is 0 Å². The van der Waals surface area contributed by atoms with Gasteiger partial charge in [-0.15, -0.1) is 0 Å². The van der Waals surface area contributed by atoms with Crippen molar-refractivity contribution in [2.75, 3.05) is 6.61 Å². The molecule has 0 saturated carbocycles. The van der Waals surface area contributed by atoms with E-state index < -0.39 is 18.1 Å². The quantitative estimate of drug-likeness (QED) is 0.271. The van der Waals surface area contributed by atoms with Crippen molar-refractivity contribution in [2.24, 2.45) is 4.99 Å². The van der Waals surface area contributed by atoms with Crippen molar-refractivity contribution < 1.29 is 19.4 Å². The molecule has 0 N–H and O–H groups in total. The summed E-state index contributed by atoms with van der Waals surface area (Å²) in [6, 6.07) is -0.411. The molecule has 0 radical (unpaired) electrons. The van der Waals surface area contributed by atoms with Gasteiger partial charge in [-0.25, -0.2) is 4.79 Å². The largest absolute Gasteiger partial charge is 0.547 e. The Morgan fingerprint density at radius 1 is 1.75 bits per heavy atom. The van der Waals surface area contributed by atoms with Crippen LogP contribution in [-0.4, -0.2) is 34.7 Å². The summed E-state index contributed by atoms with van der Waals surface area (Å²) in [5.74, 6) is -1.27. The van der Waals surface area contributed by atoms with Crippen LogP contribution < -0.4 is 5.11 Å². The highest BCUT2D eigenvalue weighted by molar-refractivity contribution is 14.1. The molecule has 0 bridgehead atoms. The molecule has 12 heavy (non-hydrogen) atoms. The fraction of sp³-hybridized carbons (Fsp3) is 0.667. The summed E-state index contributed by atoms with van der Waals surface area (Å²) in [6.07, 6.45) is 0.411. The molecule has 1 aliphatic rings. The average Bonchev–Trinajstić information content (AvgIpc) is 2.34. The van der Waals surface area contributed by atoms with Crippen LogP contribution in [0.2, 0.25) is 0 Å². The Hall–Kier alpha value is -0.460. The molecular formula is C6H5INO4-. The molecule has 0 aromatic rings. The van der Waals surface area contributed by atoms with E-state index in [4.69, 9.17) is 4.74 Å². The summed E-state index contributed by atoms with van der Waals surface area (Å²) in [5.41, 5.74) is 0. The van der Waals surface area contributed by atoms with E-state index in [1.54, 1.807) is 0 Å². The number of alkyl halides is 1. The van der Waals surface area contributed by atoms with Gasteiger partial charge in [-0.05, 0) is 0 Å². The maximum Gasteiger partial charge on any atom is 0.235 e. The minimum Gasteiger partial charge on any atom is -0.547 e. The lowest BCUT2D eigenvalue weighted by atomic mass is 10.2. The van der Waals surface area contributed by atoms with Crippen molar-refractivity contribution in [1.29, 1.82) is 0 Å². The van der Waals surface area contributed by atoms with Gasteiger partial charge < -0.3 is 14.6 Å². The molecule has 3 atom stereocenters. The topological polar surface area (TPSA) is 78.8 Å². The molecule has 0 aliphatic carbocycles. The second kappa shape index (κ2) is 3.97. The minimum atomic E-state index is -1.27. The van der Waals surface area contributed by atoms with E-state index in [1.165, 1.54) is 6.08 Å². The van der Waals surface area contributed by atoms with Gasteiger partial charge in [0, 0.05) is 0 Å². The number of nitrogens with zero attached hydrogens (tertiary/aromatic N) is 1. The van der Waals surface area contributed by atoms with Gasteiger partial charge in [0.05, 0.1) is 16.5 Å². The second-order valence-corrected chi connectivity index (χ2v) is 3.74. The number of hydrogen-bond acceptors (Lipinski definition) is 5. The fourth-order valence-corrected chi connectivity index (χ4v) is 1.83. The lowest BCUT2D eigenvalue weighted by Crippen LogP contribution is -2.40. The number of ether oxygens (including phenoxy) is 1. The predicted molar refractivity (Wildman–Crippen MR) is 44.5 cm³/mol. The SMILES string of the molecule is O=C=NC1COC(C(=O)[O-])C1I. The monoisotopic (exact) mass is 282 g/mol. The molecule has 1 saturated heterocycles. The Morgan fingerprint density at radius 3 is 2.83 bits per heavy atom. The normalized spacial score (nSPS) is 34.2. The van der Waals surface area contributed by atoms with Crippen molar-refractivity contribution in [2.45, 2.75) is 16.1 Å². The van der Waals surface area contributed by atoms with Gasteiger partial charge in [-0.2, -0.15) is 4.99 Å². The molecule has 0 amide bonds. The molecule has 0 aromatic heterocycles. The molecule has 1 fully saturated rings. The first kappa shape index (κ1) is 9.63. The van der Waals surface area contributed by atoms with Crippen LogP contribution in [0.3, 0.4) is 0 Å². The number of carboxylic acid groups (broad SMARTS) is 1. The minimum absolute atomic E-state index is 0.140. The summed E-state index contributed by atoms with van der Waals surface area (Å²) >= 11 is 1.88. The summed E-state index contributed by atoms with van der Waals surface area (Å²) in [4.78, 5) is 23.7. The summed E-state index contributed by atoms with van der Waals surface area (Å²) in [5, 5.41) is 10.4. The first-order valence-electron chi connectivity index (χ1n) is 3.20. The van der Waals surface area contributed by atoms with Crippen LogP contribution in [0.25, 0.3) is 0 Å². The molecule has 0 spiro atoms. The number of halogens is 1. The molecular weight excluding hydrogens is 277 g/mol. The summed E-state index contributed by atoms with van der Waals surface area (Å²) < 4.78 is 4.50. The van der Waals surface area contributed by atoms with Crippen LogP contribution >= 0.6 is 22.6 Å². The zero-order valence-electron chi connectivity index (χ0n) is 5.90. The zero-order valence-corrected chi connectivity index (χ0v) is 8.05. The maximum absolute atomic E-state index is 10.4. The van der Waals surface area contributed by atoms with Crippen molar-refractivity contribution in [3.63, 3.8) is 0 Å². The first-order valence-corrected chi connectivity index (χ1v) is 4.45. The van der Waals surface area contributed by atoms with E-state index in [-0.39, 0.29) is 10.5 Å². The third-order valence-corrected chi connectivity index (χ3v) is 3.04. The van der Waals surface area contributed by atoms with Crippen LogP contribution in [0.1, 0.15) is 0 Å². The van der Waals surface area contributed by atoms with E-state index in [1.807, 2.05) is 22.6 Å². The van der Waals surface area contributed by atoms with Gasteiger partial charge in [-0.1, -0.05) is 22.6 Å². The predicted octanol–water partition coefficient (Wildman–Crippen LogP) is -1.36. The standard InChI is InChI=1S/C6H6INO4/c7-4-3(8-2-9)1-12-5(4)6(10)11/h3-5H,1H2,(H,10,11)/p-1. The Kier molecular flexibility index (Phi) is 3.19. The highest BCUT2D eigenvalue weighted by atomic mass is 127. The van der Waals surface area contributed by atoms with Crippen molar-refractivity contribution in [1.82, 2.24) is 0 Å². The molecule has 5 nitrogen and oxygen atoms in total. The van der Waals surface area contributed by atoms with E-state index in [0.717, 1.165) is 0 Å². The molecule has 66 valence electrons. The fourth-order valence-electron chi connectivity index (χ4n) is 0.962. The summed E-state index contributed by atoms with van der Waals surface area (Å²) in [6.45, 7) is 0.140. The molecule has 3 unspecified atom stereocenters. The van der Waals surface area contributed by atoms with Crippen molar-refractivity contribution >= 4 is 34.6 Å².